The Balaban J connectivity index is 1.94. The predicted molar refractivity (Wildman–Crippen MR) is 113 cm³/mol. The highest BCUT2D eigenvalue weighted by atomic mass is 16.3. The van der Waals surface area contributed by atoms with Crippen LogP contribution in [-0.2, 0) is 4.79 Å². The molecule has 0 spiro atoms. The van der Waals surface area contributed by atoms with Crippen LogP contribution in [0.4, 0.5) is 10.5 Å². The van der Waals surface area contributed by atoms with Crippen LogP contribution in [0.1, 0.15) is 70.9 Å². The molecular formula is C22H30N4O3. The number of anilines is 1. The third-order valence-corrected chi connectivity index (χ3v) is 5.56. The molecule has 1 aromatic heterocycles. The van der Waals surface area contributed by atoms with E-state index in [0.29, 0.717) is 29.3 Å². The number of benzene rings is 1. The summed E-state index contributed by atoms with van der Waals surface area (Å²) in [6.45, 7) is 5.76. The number of phenolic OH excluding ortho intramolecular Hbond substituents is 1. The SMILES string of the molecule is CCC(=O)Nc1ccc(-c2cc(C3CCCC3)n(C(=O)NC(C)CC)n2)c(O)c1. The number of carbonyl (C=O) groups is 2. The van der Waals surface area contributed by atoms with Crippen LogP contribution in [0.2, 0.25) is 0 Å². The lowest BCUT2D eigenvalue weighted by molar-refractivity contribution is -0.115. The van der Waals surface area contributed by atoms with Crippen molar-refractivity contribution in [1.29, 1.82) is 0 Å². The molecule has 0 saturated heterocycles. The van der Waals surface area contributed by atoms with E-state index in [1.54, 1.807) is 19.1 Å². The third kappa shape index (κ3) is 4.78. The lowest BCUT2D eigenvalue weighted by Gasteiger charge is -2.15. The highest BCUT2D eigenvalue weighted by Gasteiger charge is 2.26. The fourth-order valence-corrected chi connectivity index (χ4v) is 3.65. The highest BCUT2D eigenvalue weighted by Crippen LogP contribution is 2.37. The molecule has 1 atom stereocenters. The number of hydrogen-bond donors (Lipinski definition) is 3. The number of aromatic nitrogens is 2. The fourth-order valence-electron chi connectivity index (χ4n) is 3.65. The Morgan fingerprint density at radius 1 is 1.24 bits per heavy atom. The molecular weight excluding hydrogens is 368 g/mol. The molecule has 2 amide bonds. The molecule has 1 saturated carbocycles. The molecule has 0 radical (unpaired) electrons. The molecule has 2 aromatic rings. The Bertz CT molecular complexity index is 884. The summed E-state index contributed by atoms with van der Waals surface area (Å²) in [4.78, 5) is 24.4. The summed E-state index contributed by atoms with van der Waals surface area (Å²) in [6.07, 6.45) is 5.57. The molecule has 1 aliphatic carbocycles. The molecule has 0 bridgehead atoms. The van der Waals surface area contributed by atoms with Crippen molar-refractivity contribution in [3.05, 3.63) is 30.0 Å². The molecule has 1 aromatic carbocycles. The Kier molecular flexibility index (Phi) is 6.56. The van der Waals surface area contributed by atoms with Crippen LogP contribution in [-0.4, -0.2) is 32.9 Å². The number of rotatable bonds is 6. The van der Waals surface area contributed by atoms with E-state index in [2.05, 4.69) is 15.7 Å². The lowest BCUT2D eigenvalue weighted by atomic mass is 10.0. The predicted octanol–water partition coefficient (Wildman–Crippen LogP) is 4.62. The van der Waals surface area contributed by atoms with Gasteiger partial charge in [-0.3, -0.25) is 4.79 Å². The largest absolute Gasteiger partial charge is 0.507 e. The number of phenols is 1. The maximum Gasteiger partial charge on any atom is 0.342 e. The van der Waals surface area contributed by atoms with Crippen LogP contribution in [0.5, 0.6) is 5.75 Å². The van der Waals surface area contributed by atoms with E-state index in [-0.39, 0.29) is 23.7 Å². The molecule has 3 N–H and O–H groups in total. The Morgan fingerprint density at radius 2 is 1.97 bits per heavy atom. The second-order valence-electron chi connectivity index (χ2n) is 7.74. The van der Waals surface area contributed by atoms with Gasteiger partial charge in [0.2, 0.25) is 5.91 Å². The van der Waals surface area contributed by atoms with E-state index in [0.717, 1.165) is 37.8 Å². The van der Waals surface area contributed by atoms with Gasteiger partial charge in [-0.1, -0.05) is 26.7 Å². The zero-order valence-electron chi connectivity index (χ0n) is 17.4. The Labute approximate surface area is 171 Å². The maximum atomic E-state index is 12.8. The summed E-state index contributed by atoms with van der Waals surface area (Å²) < 4.78 is 1.46. The van der Waals surface area contributed by atoms with Gasteiger partial charge in [0, 0.05) is 35.7 Å². The van der Waals surface area contributed by atoms with Gasteiger partial charge in [0.15, 0.2) is 0 Å². The van der Waals surface area contributed by atoms with Crippen LogP contribution in [0.15, 0.2) is 24.3 Å². The number of nitrogens with zero attached hydrogens (tertiary/aromatic N) is 2. The second-order valence-corrected chi connectivity index (χ2v) is 7.74. The number of nitrogens with one attached hydrogen (secondary N) is 2. The van der Waals surface area contributed by atoms with Crippen molar-refractivity contribution in [3.8, 4) is 17.0 Å². The van der Waals surface area contributed by atoms with E-state index >= 15 is 0 Å². The third-order valence-electron chi connectivity index (χ3n) is 5.56. The molecule has 29 heavy (non-hydrogen) atoms. The number of carbonyl (C=O) groups excluding carboxylic acids is 2. The van der Waals surface area contributed by atoms with Gasteiger partial charge in [-0.15, -0.1) is 0 Å². The van der Waals surface area contributed by atoms with Crippen LogP contribution in [0.3, 0.4) is 0 Å². The Hall–Kier alpha value is -2.83. The normalized spacial score (nSPS) is 15.3. The molecule has 7 heteroatoms. The first kappa shape index (κ1) is 20.9. The minimum Gasteiger partial charge on any atom is -0.507 e. The molecule has 1 fully saturated rings. The van der Waals surface area contributed by atoms with Crippen molar-refractivity contribution in [2.45, 2.75) is 71.3 Å². The number of aromatic hydroxyl groups is 1. The van der Waals surface area contributed by atoms with Gasteiger partial charge < -0.3 is 15.7 Å². The molecule has 7 nitrogen and oxygen atoms in total. The van der Waals surface area contributed by atoms with Crippen molar-refractivity contribution in [2.24, 2.45) is 0 Å². The summed E-state index contributed by atoms with van der Waals surface area (Å²) in [5, 5.41) is 20.8. The average Bonchev–Trinajstić information content (AvgIpc) is 3.37. The maximum absolute atomic E-state index is 12.8. The van der Waals surface area contributed by atoms with Gasteiger partial charge in [-0.05, 0) is 44.4 Å². The average molecular weight is 399 g/mol. The first-order chi connectivity index (χ1) is 13.9. The molecule has 1 heterocycles. The lowest BCUT2D eigenvalue weighted by Crippen LogP contribution is -2.37. The van der Waals surface area contributed by atoms with Gasteiger partial charge in [0.25, 0.3) is 0 Å². The zero-order chi connectivity index (χ0) is 21.0. The standard InChI is InChI=1S/C22H30N4O3/c1-4-14(3)23-22(29)26-19(15-8-6-7-9-15)13-18(25-26)17-11-10-16(12-20(17)27)24-21(28)5-2/h10-15,27H,4-9H2,1-3H3,(H,23,29)(H,24,28). The van der Waals surface area contributed by atoms with Crippen LogP contribution >= 0.6 is 0 Å². The van der Waals surface area contributed by atoms with Crippen molar-refractivity contribution in [1.82, 2.24) is 15.1 Å². The topological polar surface area (TPSA) is 96.3 Å². The monoisotopic (exact) mass is 398 g/mol. The second kappa shape index (κ2) is 9.11. The summed E-state index contributed by atoms with van der Waals surface area (Å²) in [7, 11) is 0. The minimum absolute atomic E-state index is 0.0175. The van der Waals surface area contributed by atoms with E-state index < -0.39 is 0 Å². The number of hydrogen-bond acceptors (Lipinski definition) is 4. The van der Waals surface area contributed by atoms with Crippen molar-refractivity contribution in [2.75, 3.05) is 5.32 Å². The van der Waals surface area contributed by atoms with Gasteiger partial charge in [-0.25, -0.2) is 4.79 Å². The highest BCUT2D eigenvalue weighted by molar-refractivity contribution is 5.91. The van der Waals surface area contributed by atoms with Crippen molar-refractivity contribution < 1.29 is 14.7 Å². The van der Waals surface area contributed by atoms with Gasteiger partial charge in [0.1, 0.15) is 5.75 Å². The van der Waals surface area contributed by atoms with Crippen LogP contribution < -0.4 is 10.6 Å². The van der Waals surface area contributed by atoms with Crippen LogP contribution in [0, 0.1) is 0 Å². The van der Waals surface area contributed by atoms with Crippen LogP contribution in [0.25, 0.3) is 11.3 Å². The van der Waals surface area contributed by atoms with E-state index in [1.165, 1.54) is 10.7 Å². The molecule has 3 rings (SSSR count). The smallest absolute Gasteiger partial charge is 0.342 e. The van der Waals surface area contributed by atoms with Crippen molar-refractivity contribution in [3.63, 3.8) is 0 Å². The van der Waals surface area contributed by atoms with E-state index in [1.807, 2.05) is 19.9 Å². The fraction of sp³-hybridized carbons (Fsp3) is 0.500. The van der Waals surface area contributed by atoms with Gasteiger partial charge >= 0.3 is 6.03 Å². The van der Waals surface area contributed by atoms with Crippen molar-refractivity contribution >= 4 is 17.6 Å². The minimum atomic E-state index is -0.237. The zero-order valence-corrected chi connectivity index (χ0v) is 17.4. The van der Waals surface area contributed by atoms with E-state index in [9.17, 15) is 14.7 Å². The Morgan fingerprint density at radius 3 is 2.59 bits per heavy atom. The summed E-state index contributed by atoms with van der Waals surface area (Å²) in [6, 6.07) is 6.69. The number of amides is 2. The molecule has 0 aliphatic heterocycles. The van der Waals surface area contributed by atoms with Gasteiger partial charge in [0.05, 0.1) is 11.4 Å². The quantitative estimate of drug-likeness (QED) is 0.661. The van der Waals surface area contributed by atoms with Gasteiger partial charge in [-0.2, -0.15) is 9.78 Å². The van der Waals surface area contributed by atoms with E-state index in [4.69, 9.17) is 0 Å². The first-order valence-corrected chi connectivity index (χ1v) is 10.5. The molecule has 156 valence electrons. The summed E-state index contributed by atoms with van der Waals surface area (Å²) in [5.74, 6) is 0.194. The first-order valence-electron chi connectivity index (χ1n) is 10.5. The summed E-state index contributed by atoms with van der Waals surface area (Å²) in [5.41, 5.74) is 2.51. The summed E-state index contributed by atoms with van der Waals surface area (Å²) >= 11 is 0. The molecule has 1 aliphatic rings. The molecule has 1 unspecified atom stereocenters.